The molecule has 147 valence electrons. The molecule has 1 radical (unpaired) electrons. The fourth-order valence-corrected chi connectivity index (χ4v) is 4.41. The van der Waals surface area contributed by atoms with E-state index in [9.17, 15) is 0 Å². The van der Waals surface area contributed by atoms with Crippen molar-refractivity contribution in [1.82, 2.24) is 4.57 Å². The molecule has 31 heavy (non-hydrogen) atoms. The Labute approximate surface area is 205 Å². The number of aryl methyl sites for hydroxylation is 2. The first-order valence-corrected chi connectivity index (χ1v) is 10.0. The molecule has 6 rings (SSSR count). The standard InChI is InChI=1S/C27H19N2O.Y/c1-18-12-14-22-25-21-11-7-6-8-19(21)13-15-23(25)30-26(22)24(18)27-28(2)16-17-29(27)20-9-4-3-5-10-20;/h3-9,11-16H,1-2H3;/q-1;. The number of imidazole rings is 1. The minimum Gasteiger partial charge on any atom is -0.456 e. The summed E-state index contributed by atoms with van der Waals surface area (Å²) >= 11 is 0. The Balaban J connectivity index is 0.00000204. The van der Waals surface area contributed by atoms with E-state index in [1.165, 1.54) is 16.2 Å². The topological polar surface area (TPSA) is 21.9 Å². The zero-order valence-electron chi connectivity index (χ0n) is 17.4. The molecule has 4 aromatic carbocycles. The molecule has 0 atom stereocenters. The number of rotatable bonds is 2. The minimum absolute atomic E-state index is 0. The number of hydrogen-bond acceptors (Lipinski definition) is 1. The summed E-state index contributed by atoms with van der Waals surface area (Å²) in [6.07, 6.45) is 5.30. The van der Waals surface area contributed by atoms with Crippen LogP contribution in [0.15, 0.2) is 83.4 Å². The van der Waals surface area contributed by atoms with Crippen LogP contribution in [0, 0.1) is 19.2 Å². The van der Waals surface area contributed by atoms with Crippen LogP contribution in [0.3, 0.4) is 0 Å². The summed E-state index contributed by atoms with van der Waals surface area (Å²) in [5.74, 6) is 1.02. The van der Waals surface area contributed by atoms with Gasteiger partial charge in [0.05, 0.1) is 25.0 Å². The van der Waals surface area contributed by atoms with E-state index in [0.717, 1.165) is 39.2 Å². The van der Waals surface area contributed by atoms with Gasteiger partial charge in [-0.3, -0.25) is 4.57 Å². The molecule has 0 saturated heterocycles. The average Bonchev–Trinajstić information content (AvgIpc) is 3.35. The first kappa shape index (κ1) is 20.2. The Morgan fingerprint density at radius 3 is 2.58 bits per heavy atom. The van der Waals surface area contributed by atoms with Crippen molar-refractivity contribution in [3.8, 4) is 17.1 Å². The first-order chi connectivity index (χ1) is 14.7. The Kier molecular flexibility index (Phi) is 5.04. The number of benzene rings is 4. The second-order valence-corrected chi connectivity index (χ2v) is 7.67. The quantitative estimate of drug-likeness (QED) is 0.224. The maximum atomic E-state index is 6.49. The molecule has 0 amide bonds. The first-order valence-electron chi connectivity index (χ1n) is 10.0. The van der Waals surface area contributed by atoms with Crippen molar-refractivity contribution in [2.24, 2.45) is 7.05 Å². The summed E-state index contributed by atoms with van der Waals surface area (Å²) in [5, 5.41) is 4.73. The van der Waals surface area contributed by atoms with E-state index in [0.29, 0.717) is 0 Å². The van der Waals surface area contributed by atoms with E-state index in [2.05, 4.69) is 72.3 Å². The summed E-state index contributed by atoms with van der Waals surface area (Å²) in [6.45, 7) is 2.13. The van der Waals surface area contributed by atoms with Gasteiger partial charge in [0.25, 0.3) is 0 Å². The van der Waals surface area contributed by atoms with Crippen molar-refractivity contribution in [3.05, 3.63) is 96.8 Å². The predicted molar refractivity (Wildman–Crippen MR) is 120 cm³/mol. The number of furan rings is 1. The molecule has 0 bridgehead atoms. The number of para-hydroxylation sites is 1. The van der Waals surface area contributed by atoms with Crippen LogP contribution < -0.4 is 4.57 Å². The van der Waals surface area contributed by atoms with Gasteiger partial charge in [0, 0.05) is 43.5 Å². The molecular formula is C27H19N2OY-. The number of fused-ring (bicyclic) bond motifs is 5. The molecule has 0 N–H and O–H groups in total. The van der Waals surface area contributed by atoms with Crippen molar-refractivity contribution in [1.29, 1.82) is 0 Å². The number of hydrogen-bond donors (Lipinski definition) is 0. The van der Waals surface area contributed by atoms with E-state index >= 15 is 0 Å². The molecule has 0 spiro atoms. The molecule has 0 unspecified atom stereocenters. The van der Waals surface area contributed by atoms with Crippen LogP contribution in [-0.2, 0) is 39.8 Å². The maximum absolute atomic E-state index is 6.49. The molecule has 0 aliphatic heterocycles. The van der Waals surface area contributed by atoms with Crippen LogP contribution in [0.4, 0.5) is 0 Å². The Morgan fingerprint density at radius 1 is 0.903 bits per heavy atom. The fourth-order valence-electron chi connectivity index (χ4n) is 4.41. The van der Waals surface area contributed by atoms with Gasteiger partial charge < -0.3 is 8.98 Å². The fraction of sp³-hybridized carbons (Fsp3) is 0.0741. The number of aromatic nitrogens is 2. The molecule has 0 saturated carbocycles. The predicted octanol–water partition coefficient (Wildman–Crippen LogP) is 5.93. The Morgan fingerprint density at radius 2 is 1.74 bits per heavy atom. The summed E-state index contributed by atoms with van der Waals surface area (Å²) in [5.41, 5.74) is 5.00. The zero-order chi connectivity index (χ0) is 20.2. The van der Waals surface area contributed by atoms with Crippen LogP contribution in [0.5, 0.6) is 0 Å². The van der Waals surface area contributed by atoms with Gasteiger partial charge in [-0.05, 0) is 29.3 Å². The van der Waals surface area contributed by atoms with Crippen LogP contribution in [0.1, 0.15) is 5.56 Å². The third-order valence-corrected chi connectivity index (χ3v) is 5.82. The van der Waals surface area contributed by atoms with Gasteiger partial charge in [-0.15, -0.1) is 0 Å². The van der Waals surface area contributed by atoms with Crippen molar-refractivity contribution in [3.63, 3.8) is 0 Å². The van der Waals surface area contributed by atoms with Gasteiger partial charge in [0.2, 0.25) is 0 Å². The zero-order valence-corrected chi connectivity index (χ0v) is 20.2. The average molecular weight is 476 g/mol. The molecule has 4 heteroatoms. The van der Waals surface area contributed by atoms with E-state index in [1.54, 1.807) is 0 Å². The SMILES string of the molecule is Cc1ccc2c(oc3ccc4ccccc4c32)c1-c1n(C)c[c-][n+]1-c1[c-]cccc1.[Y]. The summed E-state index contributed by atoms with van der Waals surface area (Å²) in [7, 11) is 2.04. The third kappa shape index (κ3) is 3.07. The van der Waals surface area contributed by atoms with Crippen LogP contribution in [-0.4, -0.2) is 4.57 Å². The largest absolute Gasteiger partial charge is 0.456 e. The minimum atomic E-state index is 0. The van der Waals surface area contributed by atoms with Gasteiger partial charge in [0.1, 0.15) is 11.2 Å². The van der Waals surface area contributed by atoms with Gasteiger partial charge >= 0.3 is 0 Å². The smallest absolute Gasteiger partial charge is 0.188 e. The molecule has 0 fully saturated rings. The van der Waals surface area contributed by atoms with Gasteiger partial charge in [-0.1, -0.05) is 48.2 Å². The summed E-state index contributed by atoms with van der Waals surface area (Å²) in [4.78, 5) is 0. The molecular weight excluding hydrogens is 457 g/mol. The molecule has 3 nitrogen and oxygen atoms in total. The van der Waals surface area contributed by atoms with Crippen molar-refractivity contribution < 1.29 is 41.7 Å². The number of nitrogens with zero attached hydrogens (tertiary/aromatic N) is 2. The van der Waals surface area contributed by atoms with Gasteiger partial charge in [-0.2, -0.15) is 24.3 Å². The second-order valence-electron chi connectivity index (χ2n) is 7.67. The summed E-state index contributed by atoms with van der Waals surface area (Å²) in [6, 6.07) is 28.3. The monoisotopic (exact) mass is 476 g/mol. The molecule has 0 aliphatic carbocycles. The van der Waals surface area contributed by atoms with E-state index in [4.69, 9.17) is 4.42 Å². The van der Waals surface area contributed by atoms with E-state index < -0.39 is 0 Å². The third-order valence-electron chi connectivity index (χ3n) is 5.82. The van der Waals surface area contributed by atoms with Crippen molar-refractivity contribution >= 4 is 32.7 Å². The van der Waals surface area contributed by atoms with Crippen LogP contribution >= 0.6 is 0 Å². The molecule has 6 aromatic rings. The van der Waals surface area contributed by atoms with Gasteiger partial charge in [0.15, 0.2) is 5.82 Å². The van der Waals surface area contributed by atoms with Gasteiger partial charge in [-0.25, -0.2) is 6.07 Å². The van der Waals surface area contributed by atoms with E-state index in [-0.39, 0.29) is 32.7 Å². The Hall–Kier alpha value is -2.75. The van der Waals surface area contributed by atoms with Crippen molar-refractivity contribution in [2.75, 3.05) is 0 Å². The Bertz CT molecular complexity index is 1560. The van der Waals surface area contributed by atoms with Crippen LogP contribution in [0.25, 0.3) is 49.8 Å². The normalized spacial score (nSPS) is 11.3. The second kappa shape index (κ2) is 7.74. The van der Waals surface area contributed by atoms with Crippen LogP contribution in [0.2, 0.25) is 0 Å². The van der Waals surface area contributed by atoms with Crippen molar-refractivity contribution in [2.45, 2.75) is 6.92 Å². The molecule has 2 aromatic heterocycles. The van der Waals surface area contributed by atoms with E-state index in [1.807, 2.05) is 42.1 Å². The maximum Gasteiger partial charge on any atom is 0.188 e. The molecule has 2 heterocycles. The molecule has 0 aliphatic rings. The summed E-state index contributed by atoms with van der Waals surface area (Å²) < 4.78 is 10.6.